The Balaban J connectivity index is 2.95. The van der Waals surface area contributed by atoms with E-state index in [0.29, 0.717) is 13.0 Å². The van der Waals surface area contributed by atoms with E-state index in [1.807, 2.05) is 20.8 Å². The monoisotopic (exact) mass is 299 g/mol. The molecule has 21 heavy (non-hydrogen) atoms. The van der Waals surface area contributed by atoms with Crippen molar-refractivity contribution in [3.05, 3.63) is 11.8 Å². The van der Waals surface area contributed by atoms with Crippen LogP contribution < -0.4 is 0 Å². The maximum atomic E-state index is 12.2. The molecule has 120 valence electrons. The zero-order chi connectivity index (χ0) is 16.3. The van der Waals surface area contributed by atoms with Gasteiger partial charge in [0.2, 0.25) is 0 Å². The van der Waals surface area contributed by atoms with Gasteiger partial charge >= 0.3 is 12.1 Å². The maximum absolute atomic E-state index is 12.2. The van der Waals surface area contributed by atoms with Crippen molar-refractivity contribution in [1.82, 2.24) is 4.90 Å². The van der Waals surface area contributed by atoms with Gasteiger partial charge in [0.15, 0.2) is 0 Å². The molecule has 0 unspecified atom stereocenters. The highest BCUT2D eigenvalue weighted by atomic mass is 16.6. The second kappa shape index (κ2) is 6.37. The molecule has 1 saturated heterocycles. The standard InChI is InChI=1S/C15H25NO5/c1-14(2,3)21-13(18)16-8-7-11(9-19-5)15(4,10-16)12(17)20-6/h9H,7-8,10H2,1-6H3/t15-/m1/s1. The predicted molar refractivity (Wildman–Crippen MR) is 77.6 cm³/mol. The fourth-order valence-electron chi connectivity index (χ4n) is 2.33. The van der Waals surface area contributed by atoms with Crippen LogP contribution in [0.2, 0.25) is 0 Å². The van der Waals surface area contributed by atoms with Gasteiger partial charge in [0.1, 0.15) is 11.0 Å². The fourth-order valence-corrected chi connectivity index (χ4v) is 2.33. The molecule has 0 aliphatic carbocycles. The smallest absolute Gasteiger partial charge is 0.410 e. The maximum Gasteiger partial charge on any atom is 0.410 e. The summed E-state index contributed by atoms with van der Waals surface area (Å²) in [5.74, 6) is -0.390. The Morgan fingerprint density at radius 1 is 1.29 bits per heavy atom. The Morgan fingerprint density at radius 2 is 1.90 bits per heavy atom. The van der Waals surface area contributed by atoms with Crippen LogP contribution in [0, 0.1) is 5.41 Å². The van der Waals surface area contributed by atoms with E-state index in [4.69, 9.17) is 14.2 Å². The van der Waals surface area contributed by atoms with Gasteiger partial charge in [-0.25, -0.2) is 4.79 Å². The first kappa shape index (κ1) is 17.3. The molecule has 0 aromatic rings. The SMILES string of the molecule is COC=C1CCN(C(=O)OC(C)(C)C)C[C@@]1(C)C(=O)OC. The van der Waals surface area contributed by atoms with Crippen molar-refractivity contribution >= 4 is 12.1 Å². The van der Waals surface area contributed by atoms with Gasteiger partial charge in [0, 0.05) is 13.1 Å². The van der Waals surface area contributed by atoms with Gasteiger partial charge in [-0.1, -0.05) is 0 Å². The van der Waals surface area contributed by atoms with Crippen LogP contribution in [0.4, 0.5) is 4.79 Å². The number of amides is 1. The van der Waals surface area contributed by atoms with Crippen LogP contribution in [-0.2, 0) is 19.0 Å². The van der Waals surface area contributed by atoms with Crippen molar-refractivity contribution in [3.8, 4) is 0 Å². The average molecular weight is 299 g/mol. The Labute approximate surface area is 126 Å². The first-order chi connectivity index (χ1) is 9.64. The molecule has 6 nitrogen and oxygen atoms in total. The molecule has 0 bridgehead atoms. The number of ether oxygens (including phenoxy) is 3. The highest BCUT2D eigenvalue weighted by molar-refractivity contribution is 5.82. The number of carbonyl (C=O) groups is 2. The number of likely N-dealkylation sites (tertiary alicyclic amines) is 1. The number of hydrogen-bond acceptors (Lipinski definition) is 5. The lowest BCUT2D eigenvalue weighted by molar-refractivity contribution is -0.151. The van der Waals surface area contributed by atoms with Gasteiger partial charge in [-0.05, 0) is 39.7 Å². The Hall–Kier alpha value is -1.72. The normalized spacial score (nSPS) is 24.7. The van der Waals surface area contributed by atoms with Gasteiger partial charge in [0.25, 0.3) is 0 Å². The van der Waals surface area contributed by atoms with Crippen LogP contribution in [0.15, 0.2) is 11.8 Å². The molecule has 0 aromatic heterocycles. The van der Waals surface area contributed by atoms with Gasteiger partial charge in [0.05, 0.1) is 20.5 Å². The number of piperidine rings is 1. The molecule has 1 fully saturated rings. The van der Waals surface area contributed by atoms with Crippen LogP contribution in [0.3, 0.4) is 0 Å². The molecule has 0 aromatic carbocycles. The van der Waals surface area contributed by atoms with Crippen LogP contribution in [0.1, 0.15) is 34.1 Å². The predicted octanol–water partition coefficient (Wildman–Crippen LogP) is 2.34. The summed E-state index contributed by atoms with van der Waals surface area (Å²) >= 11 is 0. The van der Waals surface area contributed by atoms with Crippen molar-refractivity contribution in [2.75, 3.05) is 27.3 Å². The number of methoxy groups -OCH3 is 2. The minimum absolute atomic E-state index is 0.212. The van der Waals surface area contributed by atoms with Crippen molar-refractivity contribution in [2.45, 2.75) is 39.7 Å². The summed E-state index contributed by atoms with van der Waals surface area (Å²) in [7, 11) is 2.87. The van der Waals surface area contributed by atoms with E-state index in [-0.39, 0.29) is 12.5 Å². The summed E-state index contributed by atoms with van der Waals surface area (Å²) in [6.45, 7) is 7.88. The zero-order valence-corrected chi connectivity index (χ0v) is 13.7. The van der Waals surface area contributed by atoms with Crippen LogP contribution in [-0.4, -0.2) is 49.9 Å². The lowest BCUT2D eigenvalue weighted by Gasteiger charge is -2.40. The summed E-state index contributed by atoms with van der Waals surface area (Å²) < 4.78 is 15.3. The molecule has 1 aliphatic heterocycles. The molecule has 1 atom stereocenters. The second-order valence-electron chi connectivity index (χ2n) is 6.35. The summed E-state index contributed by atoms with van der Waals surface area (Å²) in [4.78, 5) is 25.8. The molecular weight excluding hydrogens is 274 g/mol. The number of rotatable bonds is 2. The molecular formula is C15H25NO5. The quantitative estimate of drug-likeness (QED) is 0.578. The van der Waals surface area contributed by atoms with E-state index in [1.54, 1.807) is 13.2 Å². The third-order valence-electron chi connectivity index (χ3n) is 3.41. The number of esters is 1. The molecule has 6 heteroatoms. The minimum atomic E-state index is -0.917. The van der Waals surface area contributed by atoms with Crippen molar-refractivity contribution in [2.24, 2.45) is 5.41 Å². The van der Waals surface area contributed by atoms with Crippen LogP contribution in [0.25, 0.3) is 0 Å². The van der Waals surface area contributed by atoms with Crippen molar-refractivity contribution in [1.29, 1.82) is 0 Å². The second-order valence-corrected chi connectivity index (χ2v) is 6.35. The molecule has 0 saturated carbocycles. The largest absolute Gasteiger partial charge is 0.504 e. The molecule has 0 radical (unpaired) electrons. The first-order valence-corrected chi connectivity index (χ1v) is 6.92. The molecule has 1 rings (SSSR count). The van der Waals surface area contributed by atoms with Crippen LogP contribution >= 0.6 is 0 Å². The summed E-state index contributed by atoms with van der Waals surface area (Å²) in [5, 5.41) is 0. The molecule has 1 amide bonds. The zero-order valence-electron chi connectivity index (χ0n) is 13.7. The van der Waals surface area contributed by atoms with Gasteiger partial charge in [-0.2, -0.15) is 0 Å². The number of nitrogens with zero attached hydrogens (tertiary/aromatic N) is 1. The summed E-state index contributed by atoms with van der Waals surface area (Å²) in [6, 6.07) is 0. The van der Waals surface area contributed by atoms with E-state index in [1.165, 1.54) is 19.1 Å². The third kappa shape index (κ3) is 4.12. The molecule has 1 aliphatic rings. The summed E-state index contributed by atoms with van der Waals surface area (Å²) in [5.41, 5.74) is -0.668. The number of hydrogen-bond donors (Lipinski definition) is 0. The Morgan fingerprint density at radius 3 is 2.38 bits per heavy atom. The van der Waals surface area contributed by atoms with Crippen LogP contribution in [0.5, 0.6) is 0 Å². The lowest BCUT2D eigenvalue weighted by atomic mass is 9.77. The highest BCUT2D eigenvalue weighted by Crippen LogP contribution is 2.36. The third-order valence-corrected chi connectivity index (χ3v) is 3.41. The van der Waals surface area contributed by atoms with Gasteiger partial charge in [-0.3, -0.25) is 4.79 Å². The summed E-state index contributed by atoms with van der Waals surface area (Å²) in [6.07, 6.45) is 1.68. The molecule has 0 N–H and O–H groups in total. The number of carbonyl (C=O) groups excluding carboxylic acids is 2. The Kier molecular flexibility index (Phi) is 5.25. The van der Waals surface area contributed by atoms with Crippen molar-refractivity contribution in [3.63, 3.8) is 0 Å². The average Bonchev–Trinajstić information content (AvgIpc) is 2.38. The molecule has 1 heterocycles. The van der Waals surface area contributed by atoms with E-state index in [9.17, 15) is 9.59 Å². The topological polar surface area (TPSA) is 65.1 Å². The fraction of sp³-hybridized carbons (Fsp3) is 0.733. The van der Waals surface area contributed by atoms with Gasteiger partial charge in [-0.15, -0.1) is 0 Å². The molecule has 0 spiro atoms. The minimum Gasteiger partial charge on any atom is -0.504 e. The van der Waals surface area contributed by atoms with Crippen molar-refractivity contribution < 1.29 is 23.8 Å². The van der Waals surface area contributed by atoms with Gasteiger partial charge < -0.3 is 19.1 Å². The van der Waals surface area contributed by atoms with E-state index >= 15 is 0 Å². The Bertz CT molecular complexity index is 438. The van der Waals surface area contributed by atoms with E-state index in [2.05, 4.69) is 0 Å². The van der Waals surface area contributed by atoms with E-state index < -0.39 is 17.1 Å². The first-order valence-electron chi connectivity index (χ1n) is 6.92. The lowest BCUT2D eigenvalue weighted by Crippen LogP contribution is -2.51. The highest BCUT2D eigenvalue weighted by Gasteiger charge is 2.45. The van der Waals surface area contributed by atoms with E-state index in [0.717, 1.165) is 5.57 Å².